The van der Waals surface area contributed by atoms with Crippen LogP contribution in [0.25, 0.3) is 0 Å². The molecule has 11 heteroatoms. The van der Waals surface area contributed by atoms with Crippen LogP contribution < -0.4 is 10.2 Å². The number of hydrogen-bond acceptors (Lipinski definition) is 6. The predicted octanol–water partition coefficient (Wildman–Crippen LogP) is 5.20. The summed E-state index contributed by atoms with van der Waals surface area (Å²) in [5.41, 5.74) is 4.29. The van der Waals surface area contributed by atoms with E-state index in [1.54, 1.807) is 24.3 Å². The van der Waals surface area contributed by atoms with Crippen molar-refractivity contribution in [2.75, 3.05) is 0 Å². The van der Waals surface area contributed by atoms with Crippen molar-refractivity contribution in [3.8, 4) is 5.75 Å². The van der Waals surface area contributed by atoms with Crippen LogP contribution in [0.1, 0.15) is 21.5 Å². The first-order valence-corrected chi connectivity index (χ1v) is 11.2. The van der Waals surface area contributed by atoms with Gasteiger partial charge in [-0.3, -0.25) is 14.9 Å². The summed E-state index contributed by atoms with van der Waals surface area (Å²) in [6.45, 7) is 0.277. The molecule has 3 aromatic rings. The number of non-ortho nitro benzene ring substituents is 1. The highest BCUT2D eigenvalue weighted by Crippen LogP contribution is 2.29. The Balaban J connectivity index is 1.64. The molecule has 3 rings (SSSR count). The molecule has 0 aliphatic carbocycles. The molecule has 1 aromatic heterocycles. The van der Waals surface area contributed by atoms with Crippen molar-refractivity contribution in [2.24, 2.45) is 5.10 Å². The molecule has 0 bridgehead atoms. The first-order chi connectivity index (χ1) is 14.8. The second kappa shape index (κ2) is 10.8. The lowest BCUT2D eigenvalue weighted by molar-refractivity contribution is -0.384. The Bertz CT molecular complexity index is 1130. The number of hydrazone groups is 1. The van der Waals surface area contributed by atoms with Crippen LogP contribution in [-0.4, -0.2) is 22.0 Å². The molecule has 0 atom stereocenters. The van der Waals surface area contributed by atoms with E-state index in [0.717, 1.165) is 18.3 Å². The summed E-state index contributed by atoms with van der Waals surface area (Å²) in [7, 11) is 0. The van der Waals surface area contributed by atoms with Crippen LogP contribution in [0.3, 0.4) is 0 Å². The number of carbonyl (C=O) groups is 1. The van der Waals surface area contributed by atoms with Crippen LogP contribution in [-0.2, 0) is 6.61 Å². The normalized spacial score (nSPS) is 10.8. The summed E-state index contributed by atoms with van der Waals surface area (Å²) in [6.07, 6.45) is 3.02. The topological polar surface area (TPSA) is 107 Å². The number of aromatic nitrogens is 1. The van der Waals surface area contributed by atoms with Crippen LogP contribution in [0.15, 0.2) is 59.8 Å². The quantitative estimate of drug-likeness (QED) is 0.123. The number of nitrogens with zero attached hydrogens (tertiary/aromatic N) is 3. The van der Waals surface area contributed by atoms with E-state index >= 15 is 0 Å². The number of hydrogen-bond donors (Lipinski definition) is 1. The van der Waals surface area contributed by atoms with Crippen molar-refractivity contribution in [3.63, 3.8) is 0 Å². The fourth-order valence-electron chi connectivity index (χ4n) is 2.44. The number of amides is 1. The van der Waals surface area contributed by atoms with Gasteiger partial charge in [-0.05, 0) is 92.7 Å². The fourth-order valence-corrected chi connectivity index (χ4v) is 4.78. The first kappa shape index (κ1) is 23.3. The minimum Gasteiger partial charge on any atom is -0.487 e. The molecule has 1 N–H and O–H groups in total. The van der Waals surface area contributed by atoms with Gasteiger partial charge in [0.15, 0.2) is 0 Å². The number of carbonyl (C=O) groups excluding carboxylic acids is 1. The van der Waals surface area contributed by atoms with E-state index < -0.39 is 10.8 Å². The zero-order valence-electron chi connectivity index (χ0n) is 15.6. The average Bonchev–Trinajstić information content (AvgIpc) is 2.73. The van der Waals surface area contributed by atoms with Gasteiger partial charge in [0.25, 0.3) is 11.6 Å². The average molecular weight is 663 g/mol. The highest BCUT2D eigenvalue weighted by Gasteiger charge is 2.11. The number of ether oxygens (including phenoxy) is 1. The van der Waals surface area contributed by atoms with Gasteiger partial charge >= 0.3 is 0 Å². The Hall–Kier alpha value is -2.32. The van der Waals surface area contributed by atoms with Crippen molar-refractivity contribution in [2.45, 2.75) is 6.61 Å². The molecule has 0 aliphatic rings. The van der Waals surface area contributed by atoms with Crippen molar-refractivity contribution >= 4 is 74.6 Å². The standard InChI is InChI=1S/C20H13ClI2N4O4/c21-19-15(2-1-7-24-19)20(28)26-25-10-13-8-16(22)18(17(23)9-13)31-11-12-3-5-14(6-4-12)27(29)30/h1-10H,11H2,(H,26,28). The maximum absolute atomic E-state index is 12.1. The number of halogens is 3. The third-order valence-electron chi connectivity index (χ3n) is 3.93. The second-order valence-electron chi connectivity index (χ2n) is 6.07. The van der Waals surface area contributed by atoms with Crippen molar-refractivity contribution in [1.29, 1.82) is 0 Å². The first-order valence-electron chi connectivity index (χ1n) is 8.64. The number of rotatable bonds is 7. The third kappa shape index (κ3) is 6.33. The van der Waals surface area contributed by atoms with E-state index in [4.69, 9.17) is 16.3 Å². The molecule has 0 spiro atoms. The van der Waals surface area contributed by atoms with Crippen LogP contribution in [0.4, 0.5) is 5.69 Å². The summed E-state index contributed by atoms with van der Waals surface area (Å²) in [5, 5.41) is 14.8. The highest BCUT2D eigenvalue weighted by molar-refractivity contribution is 14.1. The molecule has 0 saturated carbocycles. The lowest BCUT2D eigenvalue weighted by Gasteiger charge is -2.11. The predicted molar refractivity (Wildman–Crippen MR) is 134 cm³/mol. The maximum atomic E-state index is 12.1. The Morgan fingerprint density at radius 3 is 2.52 bits per heavy atom. The zero-order valence-corrected chi connectivity index (χ0v) is 20.7. The lowest BCUT2D eigenvalue weighted by Crippen LogP contribution is -2.18. The Morgan fingerprint density at radius 1 is 1.23 bits per heavy atom. The van der Waals surface area contributed by atoms with E-state index in [1.807, 2.05) is 12.1 Å². The molecular formula is C20H13ClI2N4O4. The third-order valence-corrected chi connectivity index (χ3v) is 5.84. The smallest absolute Gasteiger partial charge is 0.274 e. The van der Waals surface area contributed by atoms with Crippen molar-refractivity contribution < 1.29 is 14.5 Å². The molecule has 0 saturated heterocycles. The van der Waals surface area contributed by atoms with E-state index in [2.05, 4.69) is 60.7 Å². The number of nitro groups is 1. The molecule has 0 fully saturated rings. The molecule has 0 unspecified atom stereocenters. The summed E-state index contributed by atoms with van der Waals surface area (Å²) < 4.78 is 7.61. The summed E-state index contributed by atoms with van der Waals surface area (Å²) >= 11 is 10.2. The van der Waals surface area contributed by atoms with E-state index in [1.165, 1.54) is 24.5 Å². The van der Waals surface area contributed by atoms with Gasteiger partial charge in [0.1, 0.15) is 17.5 Å². The molecule has 31 heavy (non-hydrogen) atoms. The molecular weight excluding hydrogens is 650 g/mol. The molecule has 8 nitrogen and oxygen atoms in total. The summed E-state index contributed by atoms with van der Waals surface area (Å²) in [4.78, 5) is 26.3. The Morgan fingerprint density at radius 2 is 1.90 bits per heavy atom. The molecule has 158 valence electrons. The SMILES string of the molecule is O=C(NN=Cc1cc(I)c(OCc2ccc([N+](=O)[O-])cc2)c(I)c1)c1cccnc1Cl. The van der Waals surface area contributed by atoms with Crippen LogP contribution in [0.5, 0.6) is 5.75 Å². The minimum absolute atomic E-state index is 0.0365. The van der Waals surface area contributed by atoms with Crippen LogP contribution in [0, 0.1) is 17.3 Å². The van der Waals surface area contributed by atoms with Gasteiger partial charge in [0.2, 0.25) is 0 Å². The van der Waals surface area contributed by atoms with E-state index in [9.17, 15) is 14.9 Å². The van der Waals surface area contributed by atoms with Crippen molar-refractivity contribution in [3.05, 3.63) is 93.8 Å². The summed E-state index contributed by atoms with van der Waals surface area (Å²) in [5.74, 6) is 0.240. The lowest BCUT2D eigenvalue weighted by atomic mass is 10.2. The minimum atomic E-state index is -0.457. The molecule has 1 heterocycles. The van der Waals surface area contributed by atoms with Crippen LogP contribution >= 0.6 is 56.8 Å². The number of benzene rings is 2. The Kier molecular flexibility index (Phi) is 8.15. The highest BCUT2D eigenvalue weighted by atomic mass is 127. The molecule has 1 amide bonds. The van der Waals surface area contributed by atoms with E-state index in [0.29, 0.717) is 5.75 Å². The van der Waals surface area contributed by atoms with Gasteiger partial charge < -0.3 is 4.74 Å². The number of nitro benzene ring substituents is 1. The van der Waals surface area contributed by atoms with Gasteiger partial charge in [0.05, 0.1) is 23.8 Å². The van der Waals surface area contributed by atoms with Gasteiger partial charge in [-0.2, -0.15) is 5.10 Å². The van der Waals surface area contributed by atoms with Crippen molar-refractivity contribution in [1.82, 2.24) is 10.4 Å². The monoisotopic (exact) mass is 662 g/mol. The Labute approximate surface area is 209 Å². The maximum Gasteiger partial charge on any atom is 0.274 e. The van der Waals surface area contributed by atoms with Gasteiger partial charge in [-0.25, -0.2) is 10.4 Å². The van der Waals surface area contributed by atoms with Gasteiger partial charge in [0, 0.05) is 18.3 Å². The number of pyridine rings is 1. The zero-order chi connectivity index (χ0) is 22.4. The molecule has 0 aliphatic heterocycles. The van der Waals surface area contributed by atoms with Gasteiger partial charge in [-0.15, -0.1) is 0 Å². The number of nitrogens with one attached hydrogen (secondary N) is 1. The van der Waals surface area contributed by atoms with Gasteiger partial charge in [-0.1, -0.05) is 11.6 Å². The molecule has 2 aromatic carbocycles. The largest absolute Gasteiger partial charge is 0.487 e. The molecule has 0 radical (unpaired) electrons. The second-order valence-corrected chi connectivity index (χ2v) is 8.75. The van der Waals surface area contributed by atoms with E-state index in [-0.39, 0.29) is 23.0 Å². The fraction of sp³-hybridized carbons (Fsp3) is 0.0500. The summed E-state index contributed by atoms with van der Waals surface area (Å²) in [6, 6.07) is 13.1. The van der Waals surface area contributed by atoms with Crippen LogP contribution in [0.2, 0.25) is 5.15 Å².